The van der Waals surface area contributed by atoms with Gasteiger partial charge in [-0.05, 0) is 37.4 Å². The van der Waals surface area contributed by atoms with Crippen molar-refractivity contribution in [1.82, 2.24) is 14.8 Å². The Morgan fingerprint density at radius 1 is 0.964 bits per heavy atom. The van der Waals surface area contributed by atoms with E-state index in [2.05, 4.69) is 20.5 Å². The van der Waals surface area contributed by atoms with E-state index in [1.54, 1.807) is 35.2 Å². The molecule has 0 saturated carbocycles. The van der Waals surface area contributed by atoms with Gasteiger partial charge in [-0.15, -0.1) is 0 Å². The number of hydrogen-bond acceptors (Lipinski definition) is 5. The predicted molar refractivity (Wildman–Crippen MR) is 106 cm³/mol. The first-order valence-electron chi connectivity index (χ1n) is 9.05. The van der Waals surface area contributed by atoms with Crippen molar-refractivity contribution in [2.24, 2.45) is 0 Å². The number of carbonyl (C=O) groups is 3. The van der Waals surface area contributed by atoms with Crippen LogP contribution in [0.15, 0.2) is 42.6 Å². The standard InChI is InChI=1S/C20H23N5O3/c1-14(26)22-16-4-3-5-17(13-16)23-19(27)15-6-7-21-18(12-15)20(28)25-10-8-24(2)9-11-25/h3-7,12-13H,8-11H2,1-2H3,(H,22,26)(H,23,27). The van der Waals surface area contributed by atoms with E-state index in [1.165, 1.54) is 19.2 Å². The van der Waals surface area contributed by atoms with Crippen LogP contribution in [0.4, 0.5) is 11.4 Å². The first-order chi connectivity index (χ1) is 13.4. The first-order valence-corrected chi connectivity index (χ1v) is 9.05. The summed E-state index contributed by atoms with van der Waals surface area (Å²) in [5, 5.41) is 5.44. The van der Waals surface area contributed by atoms with Gasteiger partial charge in [-0.25, -0.2) is 0 Å². The second-order valence-electron chi connectivity index (χ2n) is 6.74. The van der Waals surface area contributed by atoms with Gasteiger partial charge in [0.05, 0.1) is 0 Å². The van der Waals surface area contributed by atoms with Crippen LogP contribution in [0.3, 0.4) is 0 Å². The Kier molecular flexibility index (Phi) is 6.00. The van der Waals surface area contributed by atoms with Gasteiger partial charge in [-0.2, -0.15) is 0 Å². The van der Waals surface area contributed by atoms with Crippen molar-refractivity contribution in [3.05, 3.63) is 53.9 Å². The second kappa shape index (κ2) is 8.62. The third-order valence-electron chi connectivity index (χ3n) is 4.47. The van der Waals surface area contributed by atoms with Gasteiger partial charge in [-0.1, -0.05) is 6.07 Å². The first kappa shape index (κ1) is 19.5. The van der Waals surface area contributed by atoms with Crippen LogP contribution in [0.5, 0.6) is 0 Å². The molecule has 1 aliphatic heterocycles. The van der Waals surface area contributed by atoms with Gasteiger partial charge in [0.15, 0.2) is 0 Å². The maximum Gasteiger partial charge on any atom is 0.272 e. The Labute approximate surface area is 163 Å². The zero-order valence-electron chi connectivity index (χ0n) is 15.9. The molecule has 1 aromatic carbocycles. The fraction of sp³-hybridized carbons (Fsp3) is 0.300. The van der Waals surface area contributed by atoms with Gasteiger partial charge in [-0.3, -0.25) is 19.4 Å². The van der Waals surface area contributed by atoms with Crippen LogP contribution >= 0.6 is 0 Å². The van der Waals surface area contributed by atoms with E-state index < -0.39 is 0 Å². The summed E-state index contributed by atoms with van der Waals surface area (Å²) < 4.78 is 0. The van der Waals surface area contributed by atoms with Crippen molar-refractivity contribution in [2.45, 2.75) is 6.92 Å². The Hall–Kier alpha value is -3.26. The van der Waals surface area contributed by atoms with E-state index in [9.17, 15) is 14.4 Å². The van der Waals surface area contributed by atoms with Crippen molar-refractivity contribution in [3.8, 4) is 0 Å². The van der Waals surface area contributed by atoms with Crippen LogP contribution in [0, 0.1) is 0 Å². The molecule has 1 saturated heterocycles. The van der Waals surface area contributed by atoms with E-state index in [1.807, 2.05) is 7.05 Å². The van der Waals surface area contributed by atoms with Crippen molar-refractivity contribution in [3.63, 3.8) is 0 Å². The van der Waals surface area contributed by atoms with Crippen molar-refractivity contribution >= 4 is 29.1 Å². The summed E-state index contributed by atoms with van der Waals surface area (Å²) in [7, 11) is 2.02. The lowest BCUT2D eigenvalue weighted by molar-refractivity contribution is -0.114. The minimum Gasteiger partial charge on any atom is -0.335 e. The number of nitrogens with zero attached hydrogens (tertiary/aromatic N) is 3. The Morgan fingerprint density at radius 3 is 2.32 bits per heavy atom. The van der Waals surface area contributed by atoms with Crippen LogP contribution < -0.4 is 10.6 Å². The third kappa shape index (κ3) is 4.92. The molecule has 0 atom stereocenters. The quantitative estimate of drug-likeness (QED) is 0.840. The second-order valence-corrected chi connectivity index (χ2v) is 6.74. The number of benzene rings is 1. The largest absolute Gasteiger partial charge is 0.335 e. The van der Waals surface area contributed by atoms with E-state index in [0.29, 0.717) is 30.0 Å². The molecule has 0 unspecified atom stereocenters. The molecule has 0 bridgehead atoms. The van der Waals surface area contributed by atoms with E-state index in [0.717, 1.165) is 13.1 Å². The molecule has 3 rings (SSSR count). The lowest BCUT2D eigenvalue weighted by Crippen LogP contribution is -2.47. The van der Waals surface area contributed by atoms with Gasteiger partial charge in [0.2, 0.25) is 5.91 Å². The average Bonchev–Trinajstić information content (AvgIpc) is 2.68. The molecule has 28 heavy (non-hydrogen) atoms. The monoisotopic (exact) mass is 381 g/mol. The molecule has 1 aromatic heterocycles. The minimum absolute atomic E-state index is 0.171. The SMILES string of the molecule is CC(=O)Nc1cccc(NC(=O)c2ccnc(C(=O)N3CCN(C)CC3)c2)c1. The molecular weight excluding hydrogens is 358 g/mol. The molecular formula is C20H23N5O3. The van der Waals surface area contributed by atoms with Crippen LogP contribution in [0.2, 0.25) is 0 Å². The highest BCUT2D eigenvalue weighted by atomic mass is 16.2. The maximum absolute atomic E-state index is 12.7. The van der Waals surface area contributed by atoms with Crippen molar-refractivity contribution < 1.29 is 14.4 Å². The van der Waals surface area contributed by atoms with Crippen LogP contribution in [-0.4, -0.2) is 65.7 Å². The van der Waals surface area contributed by atoms with Gasteiger partial charge in [0.25, 0.3) is 11.8 Å². The molecule has 0 radical (unpaired) electrons. The van der Waals surface area contributed by atoms with Crippen LogP contribution in [0.25, 0.3) is 0 Å². The molecule has 0 aliphatic carbocycles. The van der Waals surface area contributed by atoms with E-state index >= 15 is 0 Å². The summed E-state index contributed by atoms with van der Waals surface area (Å²) in [6, 6.07) is 9.92. The summed E-state index contributed by atoms with van der Waals surface area (Å²) in [6.07, 6.45) is 1.46. The summed E-state index contributed by atoms with van der Waals surface area (Å²) in [5.41, 5.74) is 1.73. The third-order valence-corrected chi connectivity index (χ3v) is 4.47. The number of carbonyl (C=O) groups excluding carboxylic acids is 3. The van der Waals surface area contributed by atoms with Crippen LogP contribution in [-0.2, 0) is 4.79 Å². The van der Waals surface area contributed by atoms with Crippen molar-refractivity contribution in [1.29, 1.82) is 0 Å². The molecule has 0 spiro atoms. The predicted octanol–water partition coefficient (Wildman–Crippen LogP) is 1.68. The van der Waals surface area contributed by atoms with Gasteiger partial charge in [0, 0.05) is 56.2 Å². The molecule has 3 amide bonds. The topological polar surface area (TPSA) is 94.6 Å². The zero-order chi connectivity index (χ0) is 20.1. The zero-order valence-corrected chi connectivity index (χ0v) is 15.9. The molecule has 2 heterocycles. The number of rotatable bonds is 4. The Morgan fingerprint density at radius 2 is 1.64 bits per heavy atom. The fourth-order valence-electron chi connectivity index (χ4n) is 2.94. The number of hydrogen-bond donors (Lipinski definition) is 2. The number of anilines is 2. The number of amides is 3. The summed E-state index contributed by atoms with van der Waals surface area (Å²) in [4.78, 5) is 44.5. The highest BCUT2D eigenvalue weighted by molar-refractivity contribution is 6.06. The molecule has 8 nitrogen and oxygen atoms in total. The Bertz CT molecular complexity index is 891. The lowest BCUT2D eigenvalue weighted by Gasteiger charge is -2.32. The van der Waals surface area contributed by atoms with E-state index in [-0.39, 0.29) is 23.4 Å². The molecule has 8 heteroatoms. The number of pyridine rings is 1. The molecule has 1 fully saturated rings. The average molecular weight is 381 g/mol. The fourth-order valence-corrected chi connectivity index (χ4v) is 2.94. The maximum atomic E-state index is 12.7. The smallest absolute Gasteiger partial charge is 0.272 e. The molecule has 1 aliphatic rings. The summed E-state index contributed by atoms with van der Waals surface area (Å²) in [5.74, 6) is -0.713. The van der Waals surface area contributed by atoms with Gasteiger partial charge < -0.3 is 20.4 Å². The number of piperazine rings is 1. The summed E-state index contributed by atoms with van der Waals surface area (Å²) >= 11 is 0. The highest BCUT2D eigenvalue weighted by Gasteiger charge is 2.22. The minimum atomic E-state index is -0.352. The van der Waals surface area contributed by atoms with Gasteiger partial charge >= 0.3 is 0 Å². The number of likely N-dealkylation sites (N-methyl/N-ethyl adjacent to an activating group) is 1. The van der Waals surface area contributed by atoms with Gasteiger partial charge in [0.1, 0.15) is 5.69 Å². The number of nitrogens with one attached hydrogen (secondary N) is 2. The highest BCUT2D eigenvalue weighted by Crippen LogP contribution is 2.16. The van der Waals surface area contributed by atoms with Crippen LogP contribution in [0.1, 0.15) is 27.8 Å². The number of aromatic nitrogens is 1. The van der Waals surface area contributed by atoms with E-state index in [4.69, 9.17) is 0 Å². The normalized spacial score (nSPS) is 14.4. The Balaban J connectivity index is 1.70. The molecule has 2 aromatic rings. The lowest BCUT2D eigenvalue weighted by atomic mass is 10.2. The molecule has 146 valence electrons. The van der Waals surface area contributed by atoms with Crippen molar-refractivity contribution in [2.75, 3.05) is 43.9 Å². The molecule has 2 N–H and O–H groups in total. The summed E-state index contributed by atoms with van der Waals surface area (Å²) in [6.45, 7) is 4.33.